The van der Waals surface area contributed by atoms with Crippen LogP contribution in [-0.4, -0.2) is 25.6 Å². The summed E-state index contributed by atoms with van der Waals surface area (Å²) >= 11 is 0. The maximum absolute atomic E-state index is 13.5. The minimum Gasteiger partial charge on any atom is -0.497 e. The van der Waals surface area contributed by atoms with E-state index in [9.17, 15) is 18.4 Å². The average molecular weight is 349 g/mol. The van der Waals surface area contributed by atoms with E-state index in [1.807, 2.05) is 0 Å². The third-order valence-corrected chi connectivity index (χ3v) is 3.48. The predicted octanol–water partition coefficient (Wildman–Crippen LogP) is 3.01. The number of carbonyl (C=O) groups excluding carboxylic acids is 2. The molecule has 2 rings (SSSR count). The van der Waals surface area contributed by atoms with Crippen LogP contribution < -0.4 is 10.1 Å². The van der Waals surface area contributed by atoms with E-state index < -0.39 is 35.7 Å². The van der Waals surface area contributed by atoms with Crippen LogP contribution in [0.3, 0.4) is 0 Å². The lowest BCUT2D eigenvalue weighted by Crippen LogP contribution is -2.31. The first kappa shape index (κ1) is 18.4. The van der Waals surface area contributed by atoms with Gasteiger partial charge >= 0.3 is 5.97 Å². The fourth-order valence-electron chi connectivity index (χ4n) is 2.12. The SMILES string of the molecule is COc1ccc(C(C)NC(=O)COC(=O)c2cc(F)ccc2F)cc1. The molecule has 2 aromatic carbocycles. The van der Waals surface area contributed by atoms with Gasteiger partial charge in [0, 0.05) is 0 Å². The van der Waals surface area contributed by atoms with Crippen molar-refractivity contribution < 1.29 is 27.8 Å². The topological polar surface area (TPSA) is 64.6 Å². The molecule has 0 aliphatic rings. The second-order valence-corrected chi connectivity index (χ2v) is 5.26. The van der Waals surface area contributed by atoms with Gasteiger partial charge in [-0.05, 0) is 42.8 Å². The van der Waals surface area contributed by atoms with Gasteiger partial charge < -0.3 is 14.8 Å². The summed E-state index contributed by atoms with van der Waals surface area (Å²) in [6, 6.07) is 9.18. The lowest BCUT2D eigenvalue weighted by atomic mass is 10.1. The average Bonchev–Trinajstić information content (AvgIpc) is 2.61. The molecule has 0 radical (unpaired) electrons. The smallest absolute Gasteiger partial charge is 0.341 e. The first-order valence-electron chi connectivity index (χ1n) is 7.46. The van der Waals surface area contributed by atoms with Crippen molar-refractivity contribution in [1.82, 2.24) is 5.32 Å². The van der Waals surface area contributed by atoms with Crippen LogP contribution in [0.4, 0.5) is 8.78 Å². The van der Waals surface area contributed by atoms with Crippen LogP contribution in [0.25, 0.3) is 0 Å². The van der Waals surface area contributed by atoms with Crippen molar-refractivity contribution >= 4 is 11.9 Å². The summed E-state index contributed by atoms with van der Waals surface area (Å²) in [4.78, 5) is 23.6. The first-order chi connectivity index (χ1) is 11.9. The van der Waals surface area contributed by atoms with Gasteiger partial charge in [-0.1, -0.05) is 12.1 Å². The monoisotopic (exact) mass is 349 g/mol. The zero-order valence-electron chi connectivity index (χ0n) is 13.7. The van der Waals surface area contributed by atoms with Crippen LogP contribution in [0.15, 0.2) is 42.5 Å². The molecule has 0 fully saturated rings. The van der Waals surface area contributed by atoms with Crippen molar-refractivity contribution in [3.63, 3.8) is 0 Å². The highest BCUT2D eigenvalue weighted by Gasteiger charge is 2.17. The Balaban J connectivity index is 1.89. The molecule has 0 aliphatic heterocycles. The quantitative estimate of drug-likeness (QED) is 0.815. The Morgan fingerprint density at radius 1 is 1.12 bits per heavy atom. The van der Waals surface area contributed by atoms with E-state index in [-0.39, 0.29) is 6.04 Å². The molecule has 0 spiro atoms. The fourth-order valence-corrected chi connectivity index (χ4v) is 2.12. The van der Waals surface area contributed by atoms with Gasteiger partial charge in [0.2, 0.25) is 0 Å². The van der Waals surface area contributed by atoms with Crippen LogP contribution in [0.1, 0.15) is 28.9 Å². The Morgan fingerprint density at radius 3 is 2.44 bits per heavy atom. The van der Waals surface area contributed by atoms with Crippen LogP contribution >= 0.6 is 0 Å². The first-order valence-corrected chi connectivity index (χ1v) is 7.46. The van der Waals surface area contributed by atoms with Crippen LogP contribution in [0.2, 0.25) is 0 Å². The van der Waals surface area contributed by atoms with Crippen molar-refractivity contribution in [2.75, 3.05) is 13.7 Å². The van der Waals surface area contributed by atoms with E-state index in [0.717, 1.165) is 23.8 Å². The Hall–Kier alpha value is -2.96. The molecule has 7 heteroatoms. The number of esters is 1. The van der Waals surface area contributed by atoms with Crippen molar-refractivity contribution in [3.8, 4) is 5.75 Å². The van der Waals surface area contributed by atoms with Crippen LogP contribution in [-0.2, 0) is 9.53 Å². The summed E-state index contributed by atoms with van der Waals surface area (Å²) in [5.74, 6) is -2.67. The summed E-state index contributed by atoms with van der Waals surface area (Å²) in [5, 5.41) is 2.64. The number of hydrogen-bond acceptors (Lipinski definition) is 4. The second kappa shape index (κ2) is 8.23. The van der Waals surface area contributed by atoms with Gasteiger partial charge in [0.05, 0.1) is 18.7 Å². The van der Waals surface area contributed by atoms with Crippen LogP contribution in [0, 0.1) is 11.6 Å². The van der Waals surface area contributed by atoms with Crippen molar-refractivity contribution in [2.45, 2.75) is 13.0 Å². The molecule has 0 aliphatic carbocycles. The summed E-state index contributed by atoms with van der Waals surface area (Å²) in [6.07, 6.45) is 0. The van der Waals surface area contributed by atoms with Gasteiger partial charge in [0.25, 0.3) is 5.91 Å². The van der Waals surface area contributed by atoms with Gasteiger partial charge in [-0.3, -0.25) is 4.79 Å². The maximum atomic E-state index is 13.5. The molecular formula is C18H17F2NO4. The fraction of sp³-hybridized carbons (Fsp3) is 0.222. The van der Waals surface area contributed by atoms with Gasteiger partial charge in [-0.25, -0.2) is 13.6 Å². The Bertz CT molecular complexity index is 762. The Kier molecular flexibility index (Phi) is 6.05. The Morgan fingerprint density at radius 2 is 1.80 bits per heavy atom. The molecule has 1 N–H and O–H groups in total. The number of amides is 1. The molecule has 132 valence electrons. The standard InChI is InChI=1S/C18H17F2NO4/c1-11(12-3-6-14(24-2)7-4-12)21-17(22)10-25-18(23)15-9-13(19)5-8-16(15)20/h3-9,11H,10H2,1-2H3,(H,21,22). The van der Waals surface area contributed by atoms with E-state index in [0.29, 0.717) is 5.75 Å². The van der Waals surface area contributed by atoms with Gasteiger partial charge in [-0.2, -0.15) is 0 Å². The lowest BCUT2D eigenvalue weighted by molar-refractivity contribution is -0.124. The number of hydrogen-bond donors (Lipinski definition) is 1. The highest BCUT2D eigenvalue weighted by Crippen LogP contribution is 2.17. The maximum Gasteiger partial charge on any atom is 0.341 e. The molecule has 5 nitrogen and oxygen atoms in total. The molecular weight excluding hydrogens is 332 g/mol. The Labute approximate surface area is 143 Å². The number of halogens is 2. The number of ether oxygens (including phenoxy) is 2. The van der Waals surface area contributed by atoms with Gasteiger partial charge in [0.15, 0.2) is 6.61 Å². The largest absolute Gasteiger partial charge is 0.497 e. The molecule has 0 saturated carbocycles. The minimum absolute atomic E-state index is 0.331. The van der Waals surface area contributed by atoms with E-state index in [1.165, 1.54) is 0 Å². The second-order valence-electron chi connectivity index (χ2n) is 5.26. The molecule has 1 unspecified atom stereocenters. The number of benzene rings is 2. The molecule has 1 amide bonds. The number of carbonyl (C=O) groups is 2. The molecule has 25 heavy (non-hydrogen) atoms. The van der Waals surface area contributed by atoms with Crippen LogP contribution in [0.5, 0.6) is 5.75 Å². The summed E-state index contributed by atoms with van der Waals surface area (Å²) in [7, 11) is 1.55. The molecule has 0 bridgehead atoms. The lowest BCUT2D eigenvalue weighted by Gasteiger charge is -2.15. The summed E-state index contributed by atoms with van der Waals surface area (Å²) in [6.45, 7) is 1.16. The normalized spacial score (nSPS) is 11.5. The summed E-state index contributed by atoms with van der Waals surface area (Å²) < 4.78 is 36.3. The molecule has 0 aromatic heterocycles. The molecule has 2 aromatic rings. The zero-order valence-corrected chi connectivity index (χ0v) is 13.7. The van der Waals surface area contributed by atoms with E-state index >= 15 is 0 Å². The number of nitrogens with one attached hydrogen (secondary N) is 1. The highest BCUT2D eigenvalue weighted by molar-refractivity contribution is 5.91. The third kappa shape index (κ3) is 5.00. The third-order valence-electron chi connectivity index (χ3n) is 3.48. The summed E-state index contributed by atoms with van der Waals surface area (Å²) in [5.41, 5.74) is 0.271. The predicted molar refractivity (Wildman–Crippen MR) is 86.2 cm³/mol. The zero-order chi connectivity index (χ0) is 18.4. The minimum atomic E-state index is -1.11. The number of rotatable bonds is 6. The van der Waals surface area contributed by atoms with E-state index in [2.05, 4.69) is 5.32 Å². The van der Waals surface area contributed by atoms with E-state index in [4.69, 9.17) is 9.47 Å². The van der Waals surface area contributed by atoms with Crippen molar-refractivity contribution in [2.24, 2.45) is 0 Å². The molecule has 1 atom stereocenters. The molecule has 0 heterocycles. The number of methoxy groups -OCH3 is 1. The van der Waals surface area contributed by atoms with Gasteiger partial charge in [0.1, 0.15) is 17.4 Å². The van der Waals surface area contributed by atoms with Crippen molar-refractivity contribution in [3.05, 3.63) is 65.2 Å². The van der Waals surface area contributed by atoms with E-state index in [1.54, 1.807) is 38.3 Å². The van der Waals surface area contributed by atoms with Gasteiger partial charge in [-0.15, -0.1) is 0 Å². The highest BCUT2D eigenvalue weighted by atomic mass is 19.1. The molecule has 0 saturated heterocycles. The van der Waals surface area contributed by atoms with Crippen molar-refractivity contribution in [1.29, 1.82) is 0 Å².